The molecule has 2 unspecified atom stereocenters. The Morgan fingerprint density at radius 2 is 0.868 bits per heavy atom. The van der Waals surface area contributed by atoms with Gasteiger partial charge < -0.3 is 10.6 Å². The molecule has 2 N–H and O–H groups in total. The van der Waals surface area contributed by atoms with Gasteiger partial charge in [0.05, 0.1) is 22.8 Å². The highest BCUT2D eigenvalue weighted by molar-refractivity contribution is 6.16. The zero-order valence-corrected chi connectivity index (χ0v) is 41.3. The van der Waals surface area contributed by atoms with Crippen molar-refractivity contribution < 1.29 is 0 Å². The Kier molecular flexibility index (Phi) is 9.31. The first-order valence-electron chi connectivity index (χ1n) is 26.3. The molecule has 2 aliphatic carbocycles. The van der Waals surface area contributed by atoms with Crippen molar-refractivity contribution in [3.8, 4) is 66.8 Å². The Balaban J connectivity index is 0.865. The number of amidine groups is 1. The van der Waals surface area contributed by atoms with Crippen molar-refractivity contribution >= 4 is 28.9 Å². The smallest absolute Gasteiger partial charge is 0.211 e. The minimum absolute atomic E-state index is 0.0826. The molecule has 76 heavy (non-hydrogen) atoms. The van der Waals surface area contributed by atoms with E-state index >= 15 is 0 Å². The van der Waals surface area contributed by atoms with Gasteiger partial charge in [0.1, 0.15) is 6.17 Å². The van der Waals surface area contributed by atoms with Gasteiger partial charge >= 0.3 is 0 Å². The maximum atomic E-state index is 5.62. The van der Waals surface area contributed by atoms with Crippen LogP contribution in [0.1, 0.15) is 56.7 Å². The number of aliphatic imine (C=N–C) groups is 2. The molecule has 3 heterocycles. The van der Waals surface area contributed by atoms with E-state index in [0.717, 1.165) is 39.3 Å². The van der Waals surface area contributed by atoms with Crippen molar-refractivity contribution in [1.29, 1.82) is 0 Å². The molecule has 11 aromatic rings. The summed E-state index contributed by atoms with van der Waals surface area (Å²) in [5.41, 5.74) is 26.9. The molecule has 0 saturated heterocycles. The van der Waals surface area contributed by atoms with Crippen LogP contribution in [0, 0.1) is 0 Å². The minimum atomic E-state index is -0.491. The fraction of sp³-hybridized carbons (Fsp3) is 0.0423. The third kappa shape index (κ3) is 6.26. The Labute approximate surface area is 441 Å². The van der Waals surface area contributed by atoms with E-state index < -0.39 is 11.6 Å². The van der Waals surface area contributed by atoms with E-state index in [9.17, 15) is 0 Å². The number of nitrogens with one attached hydrogen (secondary N) is 2. The molecule has 0 fully saturated rings. The lowest BCUT2D eigenvalue weighted by atomic mass is 9.70. The molecule has 5 nitrogen and oxygen atoms in total. The molecule has 16 rings (SSSR count). The van der Waals surface area contributed by atoms with Crippen molar-refractivity contribution in [3.05, 3.63) is 305 Å². The number of hydrogen-bond donors (Lipinski definition) is 2. The van der Waals surface area contributed by atoms with Crippen LogP contribution < -0.4 is 15.5 Å². The van der Waals surface area contributed by atoms with Gasteiger partial charge in [-0.05, 0) is 131 Å². The largest absolute Gasteiger partial charge is 0.373 e. The topological polar surface area (TPSA) is 52.0 Å². The average molecular weight is 970 g/mol. The van der Waals surface area contributed by atoms with Gasteiger partial charge in [0.2, 0.25) is 5.96 Å². The summed E-state index contributed by atoms with van der Waals surface area (Å²) < 4.78 is 0. The zero-order chi connectivity index (χ0) is 49.9. The van der Waals surface area contributed by atoms with Crippen LogP contribution in [0.25, 0.3) is 66.8 Å². The molecule has 1 spiro atoms. The summed E-state index contributed by atoms with van der Waals surface area (Å²) in [5.74, 6) is 1.38. The summed E-state index contributed by atoms with van der Waals surface area (Å²) in [7, 11) is 0. The standard InChI is InChI=1S/C71H47N5/c1-3-18-44(19-4-1)46-22-15-24-48(40-46)49-37-39-63-58(42-49)56-30-17-35-65-66(56)67(72-63)57-29-10-14-34-64(57)76(65)70-74-68(50-25-16-23-47(41-50)45-20-5-2-6-21-45)73-69(75-70)51-36-38-55-54-28-9-13-33-61(54)71(62(55)43-51)59-31-11-7-26-52(59)53-27-8-12-32-60(53)71/h1-43,67,69,72H,(H,73,74,75). The molecular weight excluding hydrogens is 923 g/mol. The third-order valence-electron chi connectivity index (χ3n) is 16.5. The van der Waals surface area contributed by atoms with Gasteiger partial charge in [0, 0.05) is 27.9 Å². The Hall–Kier alpha value is -9.84. The van der Waals surface area contributed by atoms with E-state index in [1.165, 1.54) is 89.0 Å². The van der Waals surface area contributed by atoms with E-state index in [1.807, 2.05) is 0 Å². The molecule has 5 aliphatic rings. The highest BCUT2D eigenvalue weighted by atomic mass is 15.4. The molecular formula is C71H47N5. The molecule has 2 atom stereocenters. The normalized spacial score (nSPS) is 16.3. The molecule has 0 radical (unpaired) electrons. The predicted molar refractivity (Wildman–Crippen MR) is 311 cm³/mol. The van der Waals surface area contributed by atoms with Crippen LogP contribution in [0.3, 0.4) is 0 Å². The first kappa shape index (κ1) is 42.6. The van der Waals surface area contributed by atoms with E-state index in [1.54, 1.807) is 0 Å². The van der Waals surface area contributed by atoms with Gasteiger partial charge in [0.25, 0.3) is 0 Å². The number of hydrogen-bond acceptors (Lipinski definition) is 5. The molecule has 0 saturated carbocycles. The summed E-state index contributed by atoms with van der Waals surface area (Å²) in [6.45, 7) is 0. The number of rotatable bonds is 5. The van der Waals surface area contributed by atoms with Crippen molar-refractivity contribution in [3.63, 3.8) is 0 Å². The van der Waals surface area contributed by atoms with Gasteiger partial charge in [-0.1, -0.05) is 218 Å². The molecule has 0 amide bonds. The lowest BCUT2D eigenvalue weighted by Crippen LogP contribution is -2.45. The maximum Gasteiger partial charge on any atom is 0.211 e. The van der Waals surface area contributed by atoms with E-state index in [2.05, 4.69) is 276 Å². The van der Waals surface area contributed by atoms with Crippen LogP contribution in [-0.4, -0.2) is 11.8 Å². The number of nitrogens with zero attached hydrogens (tertiary/aromatic N) is 3. The highest BCUT2D eigenvalue weighted by Gasteiger charge is 2.52. The second-order valence-electron chi connectivity index (χ2n) is 20.5. The van der Waals surface area contributed by atoms with E-state index in [4.69, 9.17) is 9.98 Å². The van der Waals surface area contributed by atoms with Gasteiger partial charge in [-0.3, -0.25) is 4.90 Å². The molecule has 356 valence electrons. The van der Waals surface area contributed by atoms with Crippen molar-refractivity contribution in [1.82, 2.24) is 5.32 Å². The van der Waals surface area contributed by atoms with E-state index in [-0.39, 0.29) is 6.04 Å². The molecule has 0 aromatic heterocycles. The number of fused-ring (bicyclic) bond motifs is 14. The van der Waals surface area contributed by atoms with Crippen LogP contribution in [0.5, 0.6) is 0 Å². The minimum Gasteiger partial charge on any atom is -0.373 e. The maximum absolute atomic E-state index is 5.62. The average Bonchev–Trinajstić information content (AvgIpc) is 4.05. The van der Waals surface area contributed by atoms with Crippen LogP contribution >= 0.6 is 0 Å². The molecule has 5 heteroatoms. The van der Waals surface area contributed by atoms with Gasteiger partial charge in [-0.25, -0.2) is 4.99 Å². The fourth-order valence-corrected chi connectivity index (χ4v) is 13.2. The summed E-state index contributed by atoms with van der Waals surface area (Å²) >= 11 is 0. The van der Waals surface area contributed by atoms with Crippen LogP contribution in [0.2, 0.25) is 0 Å². The first-order valence-corrected chi connectivity index (χ1v) is 26.3. The van der Waals surface area contributed by atoms with Crippen LogP contribution in [-0.2, 0) is 5.41 Å². The Bertz CT molecular complexity index is 4200. The summed E-state index contributed by atoms with van der Waals surface area (Å²) in [4.78, 5) is 13.6. The monoisotopic (exact) mass is 969 g/mol. The second kappa shape index (κ2) is 16.6. The van der Waals surface area contributed by atoms with E-state index in [0.29, 0.717) is 11.8 Å². The van der Waals surface area contributed by atoms with Gasteiger partial charge in [-0.15, -0.1) is 0 Å². The van der Waals surface area contributed by atoms with Crippen molar-refractivity contribution in [2.24, 2.45) is 9.98 Å². The van der Waals surface area contributed by atoms with Crippen LogP contribution in [0.4, 0.5) is 17.1 Å². The third-order valence-corrected chi connectivity index (χ3v) is 16.5. The lowest BCUT2D eigenvalue weighted by Gasteiger charge is -2.43. The molecule has 3 aliphatic heterocycles. The van der Waals surface area contributed by atoms with Gasteiger partial charge in [0.15, 0.2) is 5.84 Å². The highest BCUT2D eigenvalue weighted by Crippen LogP contribution is 2.63. The molecule has 11 aromatic carbocycles. The SMILES string of the molecule is c1ccc(-c2cccc(C3=NC(c4ccc5c(c4)C4(c6ccccc6-c6ccccc64)c4ccccc4-5)NC(N4c5ccccc5C5Nc6ccc(-c7cccc(-c8ccccc8)c7)cc6-c6cccc4c65)=N3)c2)cc1. The zero-order valence-electron chi connectivity index (χ0n) is 41.3. The quantitative estimate of drug-likeness (QED) is 0.181. The summed E-state index contributed by atoms with van der Waals surface area (Å²) in [5, 5.41) is 8.04. The Morgan fingerprint density at radius 3 is 1.55 bits per heavy atom. The number of guanidine groups is 1. The number of para-hydroxylation sites is 1. The van der Waals surface area contributed by atoms with Crippen molar-refractivity contribution in [2.45, 2.75) is 17.6 Å². The second-order valence-corrected chi connectivity index (χ2v) is 20.5. The van der Waals surface area contributed by atoms with Crippen LogP contribution in [0.15, 0.2) is 271 Å². The summed E-state index contributed by atoms with van der Waals surface area (Å²) in [6, 6.07) is 95.2. The van der Waals surface area contributed by atoms with Gasteiger partial charge in [-0.2, -0.15) is 4.99 Å². The Morgan fingerprint density at radius 1 is 0.355 bits per heavy atom. The fourth-order valence-electron chi connectivity index (χ4n) is 13.2. The summed E-state index contributed by atoms with van der Waals surface area (Å²) in [6.07, 6.45) is -0.488. The number of anilines is 3. The lowest BCUT2D eigenvalue weighted by molar-refractivity contribution is 0.663. The molecule has 0 bridgehead atoms. The predicted octanol–water partition coefficient (Wildman–Crippen LogP) is 16.8. The number of benzene rings is 11. The van der Waals surface area contributed by atoms with Crippen molar-refractivity contribution in [2.75, 3.05) is 10.2 Å². The first-order chi connectivity index (χ1) is 37.7.